The molecule has 0 saturated carbocycles. The topological polar surface area (TPSA) is 35.2 Å². The van der Waals surface area contributed by atoms with Crippen LogP contribution in [0, 0.1) is 5.92 Å². The van der Waals surface area contributed by atoms with Crippen LogP contribution in [0.1, 0.15) is 13.3 Å². The van der Waals surface area contributed by atoms with Crippen LogP contribution in [0.3, 0.4) is 0 Å². The van der Waals surface area contributed by atoms with Gasteiger partial charge in [0.15, 0.2) is 0 Å². The zero-order valence-corrected chi connectivity index (χ0v) is 5.26. The van der Waals surface area contributed by atoms with E-state index in [2.05, 4.69) is 6.92 Å². The fourth-order valence-corrected chi connectivity index (χ4v) is 0.897. The van der Waals surface area contributed by atoms with E-state index in [0.29, 0.717) is 12.0 Å². The van der Waals surface area contributed by atoms with Crippen LogP contribution in [0.4, 0.5) is 0 Å². The van der Waals surface area contributed by atoms with E-state index >= 15 is 0 Å². The minimum atomic E-state index is 0.378. The van der Waals surface area contributed by atoms with E-state index in [9.17, 15) is 0 Å². The Morgan fingerprint density at radius 3 is 2.75 bits per heavy atom. The first-order valence-corrected chi connectivity index (χ1v) is 3.14. The van der Waals surface area contributed by atoms with Crippen LogP contribution >= 0.6 is 0 Å². The van der Waals surface area contributed by atoms with Crippen molar-refractivity contribution >= 4 is 0 Å². The minimum Gasteiger partial charge on any atom is -0.381 e. The summed E-state index contributed by atoms with van der Waals surface area (Å²) < 4.78 is 5.17. The summed E-state index contributed by atoms with van der Waals surface area (Å²) in [6.45, 7) is 3.83. The van der Waals surface area contributed by atoms with Gasteiger partial charge in [0.1, 0.15) is 0 Å². The molecular weight excluding hydrogens is 102 g/mol. The Morgan fingerprint density at radius 2 is 2.38 bits per heavy atom. The van der Waals surface area contributed by atoms with Gasteiger partial charge in [0.2, 0.25) is 0 Å². The normalized spacial score (nSPS) is 39.8. The molecule has 0 aliphatic carbocycles. The summed E-state index contributed by atoms with van der Waals surface area (Å²) in [5.74, 6) is 0.559. The zero-order chi connectivity index (χ0) is 5.98. The standard InChI is InChI=1S/C6H13NO/c1-5-4-8-3-2-6(5)7/h5-6H,2-4,7H2,1H3/t5?,6-/m1/s1. The van der Waals surface area contributed by atoms with Crippen molar-refractivity contribution in [1.82, 2.24) is 0 Å². The van der Waals surface area contributed by atoms with Gasteiger partial charge in [-0.2, -0.15) is 0 Å². The van der Waals surface area contributed by atoms with E-state index in [4.69, 9.17) is 10.5 Å². The molecule has 0 spiro atoms. The lowest BCUT2D eigenvalue weighted by Gasteiger charge is -2.24. The van der Waals surface area contributed by atoms with Gasteiger partial charge in [0, 0.05) is 12.6 Å². The second kappa shape index (κ2) is 2.46. The predicted octanol–water partition coefficient (Wildman–Crippen LogP) is 0.370. The molecular formula is C6H13NO. The van der Waals surface area contributed by atoms with Gasteiger partial charge >= 0.3 is 0 Å². The molecule has 1 fully saturated rings. The highest BCUT2D eigenvalue weighted by Gasteiger charge is 2.16. The molecule has 2 heteroatoms. The van der Waals surface area contributed by atoms with Crippen LogP contribution in [0.2, 0.25) is 0 Å². The van der Waals surface area contributed by atoms with Crippen LogP contribution in [0.5, 0.6) is 0 Å². The second-order valence-corrected chi connectivity index (χ2v) is 2.50. The molecule has 1 unspecified atom stereocenters. The fourth-order valence-electron chi connectivity index (χ4n) is 0.897. The third-order valence-corrected chi connectivity index (χ3v) is 1.71. The SMILES string of the molecule is CC1COCC[C@H]1N. The summed E-state index contributed by atoms with van der Waals surface area (Å²) in [7, 11) is 0. The van der Waals surface area contributed by atoms with Crippen molar-refractivity contribution in [3.05, 3.63) is 0 Å². The Balaban J connectivity index is 2.28. The van der Waals surface area contributed by atoms with Crippen molar-refractivity contribution in [3.63, 3.8) is 0 Å². The summed E-state index contributed by atoms with van der Waals surface area (Å²) >= 11 is 0. The lowest BCUT2D eigenvalue weighted by Crippen LogP contribution is -2.36. The van der Waals surface area contributed by atoms with Crippen LogP contribution in [0.25, 0.3) is 0 Å². The molecule has 2 nitrogen and oxygen atoms in total. The average molecular weight is 115 g/mol. The zero-order valence-electron chi connectivity index (χ0n) is 5.26. The summed E-state index contributed by atoms with van der Waals surface area (Å²) in [6, 6.07) is 0.378. The maximum Gasteiger partial charge on any atom is 0.0506 e. The van der Waals surface area contributed by atoms with Gasteiger partial charge in [-0.15, -0.1) is 0 Å². The van der Waals surface area contributed by atoms with E-state index in [1.165, 1.54) is 0 Å². The van der Waals surface area contributed by atoms with Crippen LogP contribution < -0.4 is 5.73 Å². The number of hydrogen-bond donors (Lipinski definition) is 1. The summed E-state index contributed by atoms with van der Waals surface area (Å²) in [5, 5.41) is 0. The molecule has 0 radical (unpaired) electrons. The molecule has 2 atom stereocenters. The number of nitrogens with two attached hydrogens (primary N) is 1. The Kier molecular flexibility index (Phi) is 1.86. The summed E-state index contributed by atoms with van der Waals surface area (Å²) in [6.07, 6.45) is 1.03. The molecule has 2 N–H and O–H groups in total. The van der Waals surface area contributed by atoms with Crippen LogP contribution in [0.15, 0.2) is 0 Å². The number of ether oxygens (including phenoxy) is 1. The molecule has 1 saturated heterocycles. The summed E-state index contributed by atoms with van der Waals surface area (Å²) in [5.41, 5.74) is 5.70. The number of rotatable bonds is 0. The van der Waals surface area contributed by atoms with E-state index in [1.807, 2.05) is 0 Å². The first kappa shape index (κ1) is 6.05. The van der Waals surface area contributed by atoms with Gasteiger partial charge in [0.25, 0.3) is 0 Å². The number of hydrogen-bond acceptors (Lipinski definition) is 2. The van der Waals surface area contributed by atoms with Crippen molar-refractivity contribution in [2.75, 3.05) is 13.2 Å². The second-order valence-electron chi connectivity index (χ2n) is 2.50. The lowest BCUT2D eigenvalue weighted by atomic mass is 9.99. The Morgan fingerprint density at radius 1 is 1.62 bits per heavy atom. The molecule has 48 valence electrons. The van der Waals surface area contributed by atoms with Crippen molar-refractivity contribution in [3.8, 4) is 0 Å². The van der Waals surface area contributed by atoms with Crippen molar-refractivity contribution in [2.45, 2.75) is 19.4 Å². The van der Waals surface area contributed by atoms with Gasteiger partial charge < -0.3 is 10.5 Å². The van der Waals surface area contributed by atoms with Crippen molar-refractivity contribution < 1.29 is 4.74 Å². The van der Waals surface area contributed by atoms with Crippen molar-refractivity contribution in [2.24, 2.45) is 11.7 Å². The monoisotopic (exact) mass is 115 g/mol. The van der Waals surface area contributed by atoms with Gasteiger partial charge in [0.05, 0.1) is 6.61 Å². The van der Waals surface area contributed by atoms with Gasteiger partial charge in [-0.05, 0) is 12.3 Å². The van der Waals surface area contributed by atoms with Gasteiger partial charge in [-0.25, -0.2) is 0 Å². The molecule has 0 aromatic rings. The Bertz CT molecular complexity index is 64.9. The first-order chi connectivity index (χ1) is 3.80. The van der Waals surface area contributed by atoms with Gasteiger partial charge in [-0.3, -0.25) is 0 Å². The lowest BCUT2D eigenvalue weighted by molar-refractivity contribution is 0.0491. The van der Waals surface area contributed by atoms with E-state index in [-0.39, 0.29) is 0 Å². The molecule has 0 bridgehead atoms. The average Bonchev–Trinajstić information content (AvgIpc) is 1.77. The quantitative estimate of drug-likeness (QED) is 0.495. The van der Waals surface area contributed by atoms with Crippen molar-refractivity contribution in [1.29, 1.82) is 0 Å². The molecule has 0 aromatic carbocycles. The van der Waals surface area contributed by atoms with Crippen LogP contribution in [-0.4, -0.2) is 19.3 Å². The van der Waals surface area contributed by atoms with Gasteiger partial charge in [-0.1, -0.05) is 6.92 Å². The molecule has 1 heterocycles. The predicted molar refractivity (Wildman–Crippen MR) is 32.6 cm³/mol. The third-order valence-electron chi connectivity index (χ3n) is 1.71. The highest BCUT2D eigenvalue weighted by atomic mass is 16.5. The third kappa shape index (κ3) is 1.20. The van der Waals surface area contributed by atoms with E-state index < -0.39 is 0 Å². The first-order valence-electron chi connectivity index (χ1n) is 3.14. The molecule has 0 aromatic heterocycles. The molecule has 0 amide bonds. The Hall–Kier alpha value is -0.0800. The highest BCUT2D eigenvalue weighted by Crippen LogP contribution is 2.10. The maximum absolute atomic E-state index is 5.70. The molecule has 1 aliphatic rings. The fraction of sp³-hybridized carbons (Fsp3) is 1.00. The Labute approximate surface area is 50.0 Å². The van der Waals surface area contributed by atoms with E-state index in [1.54, 1.807) is 0 Å². The van der Waals surface area contributed by atoms with E-state index in [0.717, 1.165) is 19.6 Å². The maximum atomic E-state index is 5.70. The molecule has 8 heavy (non-hydrogen) atoms. The molecule has 1 aliphatic heterocycles. The highest BCUT2D eigenvalue weighted by molar-refractivity contribution is 4.71. The largest absolute Gasteiger partial charge is 0.381 e. The smallest absolute Gasteiger partial charge is 0.0506 e. The summed E-state index contributed by atoms with van der Waals surface area (Å²) in [4.78, 5) is 0. The minimum absolute atomic E-state index is 0.378. The molecule has 1 rings (SSSR count). The van der Waals surface area contributed by atoms with Crippen LogP contribution in [-0.2, 0) is 4.74 Å².